The number of thiophene rings is 1. The van der Waals surface area contributed by atoms with Crippen LogP contribution in [0.15, 0.2) is 16.8 Å². The Labute approximate surface area is 117 Å². The summed E-state index contributed by atoms with van der Waals surface area (Å²) in [6.45, 7) is 1.45. The van der Waals surface area contributed by atoms with Gasteiger partial charge in [0.05, 0.1) is 0 Å². The van der Waals surface area contributed by atoms with Crippen LogP contribution in [-0.2, 0) is 9.59 Å². The van der Waals surface area contributed by atoms with Gasteiger partial charge in [0.1, 0.15) is 0 Å². The van der Waals surface area contributed by atoms with Gasteiger partial charge in [-0.1, -0.05) is 0 Å². The number of likely N-dealkylation sites (tertiary alicyclic amines) is 1. The summed E-state index contributed by atoms with van der Waals surface area (Å²) >= 11 is 1.68. The Balaban J connectivity index is 1.88. The van der Waals surface area contributed by atoms with E-state index in [1.165, 1.54) is 5.56 Å². The Hall–Kier alpha value is -1.36. The number of amides is 2. The highest BCUT2D eigenvalue weighted by molar-refractivity contribution is 7.07. The number of carbonyl (C=O) groups is 2. The molecule has 1 unspecified atom stereocenters. The van der Waals surface area contributed by atoms with Crippen molar-refractivity contribution in [2.75, 3.05) is 13.1 Å². The summed E-state index contributed by atoms with van der Waals surface area (Å²) in [5, 5.41) is 4.20. The summed E-state index contributed by atoms with van der Waals surface area (Å²) in [5.74, 6) is 0.275. The zero-order valence-electron chi connectivity index (χ0n) is 11.0. The lowest BCUT2D eigenvalue weighted by Gasteiger charge is -2.20. The van der Waals surface area contributed by atoms with E-state index in [0.29, 0.717) is 31.7 Å². The van der Waals surface area contributed by atoms with Gasteiger partial charge in [0.15, 0.2) is 0 Å². The summed E-state index contributed by atoms with van der Waals surface area (Å²) in [5.41, 5.74) is 6.41. The van der Waals surface area contributed by atoms with Gasteiger partial charge in [-0.3, -0.25) is 9.59 Å². The third kappa shape index (κ3) is 4.06. The molecule has 4 nitrogen and oxygen atoms in total. The molecule has 0 aromatic carbocycles. The monoisotopic (exact) mass is 280 g/mol. The fourth-order valence-electron chi connectivity index (χ4n) is 2.57. The van der Waals surface area contributed by atoms with Crippen molar-refractivity contribution in [3.8, 4) is 0 Å². The highest BCUT2D eigenvalue weighted by Crippen LogP contribution is 2.30. The van der Waals surface area contributed by atoms with E-state index in [0.717, 1.165) is 19.4 Å². The quantitative estimate of drug-likeness (QED) is 0.898. The molecule has 2 amide bonds. The lowest BCUT2D eigenvalue weighted by molar-refractivity contribution is -0.131. The first-order valence-corrected chi connectivity index (χ1v) is 7.69. The van der Waals surface area contributed by atoms with Gasteiger partial charge in [-0.15, -0.1) is 0 Å². The van der Waals surface area contributed by atoms with E-state index in [4.69, 9.17) is 5.73 Å². The van der Waals surface area contributed by atoms with Crippen LogP contribution in [0.25, 0.3) is 0 Å². The molecule has 2 N–H and O–H groups in total. The number of rotatable bonds is 5. The maximum absolute atomic E-state index is 12.2. The Bertz CT molecular complexity index is 431. The minimum Gasteiger partial charge on any atom is -0.370 e. The van der Waals surface area contributed by atoms with Crippen molar-refractivity contribution in [3.05, 3.63) is 22.4 Å². The Morgan fingerprint density at radius 1 is 1.53 bits per heavy atom. The molecule has 0 saturated carbocycles. The molecule has 1 aliphatic rings. The number of primary amides is 1. The molecule has 19 heavy (non-hydrogen) atoms. The van der Waals surface area contributed by atoms with Gasteiger partial charge in [0, 0.05) is 25.9 Å². The maximum Gasteiger partial charge on any atom is 0.223 e. The molecule has 1 aliphatic heterocycles. The topological polar surface area (TPSA) is 63.4 Å². The second kappa shape index (κ2) is 6.70. The number of carbonyl (C=O) groups excluding carboxylic acids is 2. The van der Waals surface area contributed by atoms with Gasteiger partial charge in [-0.25, -0.2) is 0 Å². The standard InChI is InChI=1S/C14H20N2O2S/c15-13(17)4-2-7-16-6-1-3-11(9-14(16)18)12-5-8-19-10-12/h5,8,10-11H,1-4,6-7,9H2,(H2,15,17). The molecule has 5 heteroatoms. The highest BCUT2D eigenvalue weighted by Gasteiger charge is 2.24. The van der Waals surface area contributed by atoms with Crippen LogP contribution in [-0.4, -0.2) is 29.8 Å². The molecule has 1 aromatic heterocycles. The SMILES string of the molecule is NC(=O)CCCN1CCCC(c2ccsc2)CC1=O. The maximum atomic E-state index is 12.2. The third-order valence-electron chi connectivity index (χ3n) is 3.62. The molecule has 0 bridgehead atoms. The van der Waals surface area contributed by atoms with Crippen molar-refractivity contribution in [1.82, 2.24) is 4.90 Å². The van der Waals surface area contributed by atoms with Crippen LogP contribution >= 0.6 is 11.3 Å². The van der Waals surface area contributed by atoms with Crippen molar-refractivity contribution in [3.63, 3.8) is 0 Å². The van der Waals surface area contributed by atoms with Crippen LogP contribution in [0.4, 0.5) is 0 Å². The van der Waals surface area contributed by atoms with Gasteiger partial charge in [0.2, 0.25) is 11.8 Å². The van der Waals surface area contributed by atoms with E-state index < -0.39 is 0 Å². The third-order valence-corrected chi connectivity index (χ3v) is 4.32. The fourth-order valence-corrected chi connectivity index (χ4v) is 3.31. The molecule has 104 valence electrons. The van der Waals surface area contributed by atoms with Gasteiger partial charge in [0.25, 0.3) is 0 Å². The zero-order valence-corrected chi connectivity index (χ0v) is 11.8. The average molecular weight is 280 g/mol. The van der Waals surface area contributed by atoms with Crippen molar-refractivity contribution < 1.29 is 9.59 Å². The Morgan fingerprint density at radius 2 is 2.37 bits per heavy atom. The zero-order chi connectivity index (χ0) is 13.7. The highest BCUT2D eigenvalue weighted by atomic mass is 32.1. The lowest BCUT2D eigenvalue weighted by atomic mass is 9.94. The molecule has 1 fully saturated rings. The molecule has 0 aliphatic carbocycles. The number of nitrogens with two attached hydrogens (primary N) is 1. The molecular weight excluding hydrogens is 260 g/mol. The summed E-state index contributed by atoms with van der Waals surface area (Å²) in [4.78, 5) is 24.8. The van der Waals surface area contributed by atoms with Crippen molar-refractivity contribution in [1.29, 1.82) is 0 Å². The van der Waals surface area contributed by atoms with Gasteiger partial charge in [-0.2, -0.15) is 11.3 Å². The largest absolute Gasteiger partial charge is 0.370 e. The number of nitrogens with zero attached hydrogens (tertiary/aromatic N) is 1. The Morgan fingerprint density at radius 3 is 3.05 bits per heavy atom. The molecule has 1 atom stereocenters. The minimum absolute atomic E-state index is 0.207. The minimum atomic E-state index is -0.293. The van der Waals surface area contributed by atoms with E-state index in [9.17, 15) is 9.59 Å². The Kier molecular flexibility index (Phi) is 4.96. The van der Waals surface area contributed by atoms with Crippen LogP contribution in [0.3, 0.4) is 0 Å². The van der Waals surface area contributed by atoms with Crippen LogP contribution in [0.1, 0.15) is 43.6 Å². The lowest BCUT2D eigenvalue weighted by Crippen LogP contribution is -2.32. The molecule has 2 rings (SSSR count). The first kappa shape index (κ1) is 14.1. The van der Waals surface area contributed by atoms with E-state index in [-0.39, 0.29) is 11.8 Å². The van der Waals surface area contributed by atoms with Crippen molar-refractivity contribution >= 4 is 23.2 Å². The smallest absolute Gasteiger partial charge is 0.223 e. The summed E-state index contributed by atoms with van der Waals surface area (Å²) < 4.78 is 0. The van der Waals surface area contributed by atoms with Gasteiger partial charge >= 0.3 is 0 Å². The number of hydrogen-bond donors (Lipinski definition) is 1. The predicted octanol–water partition coefficient (Wildman–Crippen LogP) is 2.11. The van der Waals surface area contributed by atoms with Crippen LogP contribution in [0, 0.1) is 0 Å². The van der Waals surface area contributed by atoms with E-state index in [1.807, 2.05) is 4.90 Å². The van der Waals surface area contributed by atoms with Gasteiger partial charge < -0.3 is 10.6 Å². The summed E-state index contributed by atoms with van der Waals surface area (Å²) in [6.07, 6.45) is 3.72. The summed E-state index contributed by atoms with van der Waals surface area (Å²) in [6, 6.07) is 2.12. The van der Waals surface area contributed by atoms with E-state index in [1.54, 1.807) is 11.3 Å². The second-order valence-electron chi connectivity index (χ2n) is 5.05. The fraction of sp³-hybridized carbons (Fsp3) is 0.571. The van der Waals surface area contributed by atoms with E-state index >= 15 is 0 Å². The molecule has 1 saturated heterocycles. The molecule has 1 aromatic rings. The predicted molar refractivity (Wildman–Crippen MR) is 75.9 cm³/mol. The molecule has 0 spiro atoms. The summed E-state index contributed by atoms with van der Waals surface area (Å²) in [7, 11) is 0. The first-order valence-electron chi connectivity index (χ1n) is 6.75. The van der Waals surface area contributed by atoms with Crippen LogP contribution < -0.4 is 5.73 Å². The van der Waals surface area contributed by atoms with Crippen molar-refractivity contribution in [2.45, 2.75) is 38.0 Å². The second-order valence-corrected chi connectivity index (χ2v) is 5.83. The van der Waals surface area contributed by atoms with Crippen molar-refractivity contribution in [2.24, 2.45) is 5.73 Å². The van der Waals surface area contributed by atoms with E-state index in [2.05, 4.69) is 16.8 Å². The molecule has 2 heterocycles. The average Bonchev–Trinajstić information content (AvgIpc) is 2.82. The molecular formula is C14H20N2O2S. The first-order chi connectivity index (χ1) is 9.16. The van der Waals surface area contributed by atoms with Crippen LogP contribution in [0.5, 0.6) is 0 Å². The van der Waals surface area contributed by atoms with Crippen LogP contribution in [0.2, 0.25) is 0 Å². The normalized spacial score (nSPS) is 20.3. The number of hydrogen-bond acceptors (Lipinski definition) is 3. The van der Waals surface area contributed by atoms with Gasteiger partial charge in [-0.05, 0) is 47.6 Å². The molecule has 0 radical (unpaired) electrons.